The molecule has 4 heteroatoms. The Hall–Kier alpha value is -1.00. The zero-order valence-corrected chi connectivity index (χ0v) is 9.52. The van der Waals surface area contributed by atoms with Crippen molar-refractivity contribution in [1.29, 1.82) is 0 Å². The van der Waals surface area contributed by atoms with Crippen molar-refractivity contribution in [2.75, 3.05) is 26.2 Å². The minimum Gasteiger partial charge on any atom is -0.314 e. The maximum Gasteiger partial charge on any atom is 0.115 e. The molecule has 0 spiro atoms. The van der Waals surface area contributed by atoms with Crippen LogP contribution in [0, 0.1) is 0 Å². The highest BCUT2D eigenvalue weighted by atomic mass is 15.2. The molecule has 0 unspecified atom stereocenters. The van der Waals surface area contributed by atoms with Gasteiger partial charge in [0.05, 0.1) is 5.69 Å². The van der Waals surface area contributed by atoms with Gasteiger partial charge in [-0.1, -0.05) is 0 Å². The lowest BCUT2D eigenvalue weighted by Gasteiger charge is -2.27. The Morgan fingerprint density at radius 2 is 2.12 bits per heavy atom. The van der Waals surface area contributed by atoms with Crippen molar-refractivity contribution in [2.45, 2.75) is 25.3 Å². The van der Waals surface area contributed by atoms with Crippen LogP contribution in [0.4, 0.5) is 0 Å². The Bertz CT molecular complexity index is 356. The lowest BCUT2D eigenvalue weighted by atomic mass is 10.1. The fourth-order valence-electron chi connectivity index (χ4n) is 2.32. The normalized spacial score (nSPS) is 22.2. The molecule has 2 aliphatic rings. The van der Waals surface area contributed by atoms with Crippen molar-refractivity contribution in [3.05, 3.63) is 23.8 Å². The summed E-state index contributed by atoms with van der Waals surface area (Å²) in [5.41, 5.74) is 2.64. The number of aromatic nitrogens is 2. The van der Waals surface area contributed by atoms with E-state index >= 15 is 0 Å². The fraction of sp³-hybridized carbons (Fsp3) is 0.667. The molecule has 1 aromatic heterocycles. The van der Waals surface area contributed by atoms with Crippen LogP contribution < -0.4 is 5.32 Å². The van der Waals surface area contributed by atoms with Crippen LogP contribution in [0.2, 0.25) is 0 Å². The summed E-state index contributed by atoms with van der Waals surface area (Å²) in [6, 6.07) is 0. The minimum atomic E-state index is 0.723. The summed E-state index contributed by atoms with van der Waals surface area (Å²) in [5, 5.41) is 3.38. The number of nitrogens with one attached hydrogen (secondary N) is 1. The highest BCUT2D eigenvalue weighted by molar-refractivity contribution is 5.23. The van der Waals surface area contributed by atoms with Gasteiger partial charge in [0.25, 0.3) is 0 Å². The van der Waals surface area contributed by atoms with Gasteiger partial charge in [0.1, 0.15) is 6.33 Å². The third kappa shape index (κ3) is 2.23. The first-order chi connectivity index (χ1) is 7.93. The van der Waals surface area contributed by atoms with Gasteiger partial charge < -0.3 is 5.32 Å². The molecule has 1 saturated carbocycles. The van der Waals surface area contributed by atoms with Gasteiger partial charge in [0.2, 0.25) is 0 Å². The Balaban J connectivity index is 1.72. The Morgan fingerprint density at radius 1 is 1.31 bits per heavy atom. The molecule has 4 nitrogen and oxygen atoms in total. The second kappa shape index (κ2) is 4.47. The first-order valence-electron chi connectivity index (χ1n) is 6.15. The van der Waals surface area contributed by atoms with E-state index in [-0.39, 0.29) is 0 Å². The summed E-state index contributed by atoms with van der Waals surface area (Å²) < 4.78 is 0. The monoisotopic (exact) mass is 218 g/mol. The molecule has 0 bridgehead atoms. The van der Waals surface area contributed by atoms with E-state index in [1.165, 1.54) is 24.1 Å². The second-order valence-electron chi connectivity index (χ2n) is 4.73. The standard InChI is InChI=1S/C12H18N4/c1-2-10(1)12-11(7-14-9-15-12)8-16-5-3-13-4-6-16/h7,9-10,13H,1-6,8H2. The molecule has 86 valence electrons. The number of piperazine rings is 1. The molecule has 0 atom stereocenters. The molecule has 1 aliphatic heterocycles. The van der Waals surface area contributed by atoms with Crippen molar-refractivity contribution in [2.24, 2.45) is 0 Å². The summed E-state index contributed by atoms with van der Waals surface area (Å²) in [4.78, 5) is 11.1. The van der Waals surface area contributed by atoms with Crippen molar-refractivity contribution in [3.63, 3.8) is 0 Å². The van der Waals surface area contributed by atoms with Gasteiger partial charge in [-0.3, -0.25) is 4.90 Å². The van der Waals surface area contributed by atoms with Crippen LogP contribution in [0.1, 0.15) is 30.0 Å². The predicted octanol–water partition coefficient (Wildman–Crippen LogP) is 0.759. The summed E-state index contributed by atoms with van der Waals surface area (Å²) in [6.07, 6.45) is 6.31. The Kier molecular flexibility index (Phi) is 2.84. The molecule has 2 heterocycles. The summed E-state index contributed by atoms with van der Waals surface area (Å²) in [6.45, 7) is 5.51. The zero-order valence-electron chi connectivity index (χ0n) is 9.52. The van der Waals surface area contributed by atoms with Crippen molar-refractivity contribution < 1.29 is 0 Å². The summed E-state index contributed by atoms with van der Waals surface area (Å²) in [7, 11) is 0. The van der Waals surface area contributed by atoms with E-state index in [9.17, 15) is 0 Å². The number of hydrogen-bond acceptors (Lipinski definition) is 4. The van der Waals surface area contributed by atoms with Crippen LogP contribution in [0.5, 0.6) is 0 Å². The maximum absolute atomic E-state index is 4.45. The second-order valence-corrected chi connectivity index (χ2v) is 4.73. The SMILES string of the molecule is c1ncc(CN2CCNCC2)c(C2CC2)n1. The highest BCUT2D eigenvalue weighted by Gasteiger charge is 2.28. The van der Waals surface area contributed by atoms with Crippen molar-refractivity contribution >= 4 is 0 Å². The summed E-state index contributed by atoms with van der Waals surface area (Å²) >= 11 is 0. The van der Waals surface area contributed by atoms with Gasteiger partial charge in [0.15, 0.2) is 0 Å². The summed E-state index contributed by atoms with van der Waals surface area (Å²) in [5.74, 6) is 0.723. The predicted molar refractivity (Wildman–Crippen MR) is 62.2 cm³/mol. The van der Waals surface area contributed by atoms with Gasteiger partial charge in [-0.25, -0.2) is 9.97 Å². The minimum absolute atomic E-state index is 0.723. The van der Waals surface area contributed by atoms with Crippen LogP contribution in [0.3, 0.4) is 0 Å². The third-order valence-corrected chi connectivity index (χ3v) is 3.39. The van der Waals surface area contributed by atoms with Crippen LogP contribution in [0.15, 0.2) is 12.5 Å². The first kappa shape index (κ1) is 10.2. The van der Waals surface area contributed by atoms with E-state index in [1.54, 1.807) is 6.33 Å². The van der Waals surface area contributed by atoms with Crippen LogP contribution >= 0.6 is 0 Å². The van der Waals surface area contributed by atoms with Crippen molar-refractivity contribution in [1.82, 2.24) is 20.2 Å². The van der Waals surface area contributed by atoms with Gasteiger partial charge in [-0.2, -0.15) is 0 Å². The van der Waals surface area contributed by atoms with Crippen molar-refractivity contribution in [3.8, 4) is 0 Å². The Labute approximate surface area is 96.1 Å². The average molecular weight is 218 g/mol. The molecule has 0 aromatic carbocycles. The molecule has 0 radical (unpaired) electrons. The van der Waals surface area contributed by atoms with E-state index in [0.717, 1.165) is 38.6 Å². The lowest BCUT2D eigenvalue weighted by Crippen LogP contribution is -2.43. The number of rotatable bonds is 3. The van der Waals surface area contributed by atoms with Crippen LogP contribution in [0.25, 0.3) is 0 Å². The van der Waals surface area contributed by atoms with Crippen LogP contribution in [-0.2, 0) is 6.54 Å². The molecule has 1 aromatic rings. The highest BCUT2D eigenvalue weighted by Crippen LogP contribution is 2.40. The molecular weight excluding hydrogens is 200 g/mol. The quantitative estimate of drug-likeness (QED) is 0.813. The number of hydrogen-bond donors (Lipinski definition) is 1. The molecular formula is C12H18N4. The topological polar surface area (TPSA) is 41.1 Å². The molecule has 2 fully saturated rings. The van der Waals surface area contributed by atoms with E-state index in [1.807, 2.05) is 6.20 Å². The molecule has 1 aliphatic carbocycles. The zero-order chi connectivity index (χ0) is 10.8. The van der Waals surface area contributed by atoms with E-state index in [2.05, 4.69) is 20.2 Å². The first-order valence-corrected chi connectivity index (χ1v) is 6.15. The van der Waals surface area contributed by atoms with Gasteiger partial charge in [-0.05, 0) is 12.8 Å². The molecule has 0 amide bonds. The largest absolute Gasteiger partial charge is 0.314 e. The van der Waals surface area contributed by atoms with Gasteiger partial charge >= 0.3 is 0 Å². The van der Waals surface area contributed by atoms with E-state index < -0.39 is 0 Å². The lowest BCUT2D eigenvalue weighted by molar-refractivity contribution is 0.232. The smallest absolute Gasteiger partial charge is 0.115 e. The molecule has 1 saturated heterocycles. The molecule has 16 heavy (non-hydrogen) atoms. The molecule has 1 N–H and O–H groups in total. The van der Waals surface area contributed by atoms with Gasteiger partial charge in [-0.15, -0.1) is 0 Å². The number of nitrogens with zero attached hydrogens (tertiary/aromatic N) is 3. The average Bonchev–Trinajstić information content (AvgIpc) is 3.15. The van der Waals surface area contributed by atoms with Crippen LogP contribution in [-0.4, -0.2) is 41.0 Å². The van der Waals surface area contributed by atoms with E-state index in [4.69, 9.17) is 0 Å². The molecule has 3 rings (SSSR count). The maximum atomic E-state index is 4.45. The van der Waals surface area contributed by atoms with E-state index in [0.29, 0.717) is 0 Å². The Morgan fingerprint density at radius 3 is 2.88 bits per heavy atom. The van der Waals surface area contributed by atoms with Gasteiger partial charge in [0, 0.05) is 50.4 Å². The fourth-order valence-corrected chi connectivity index (χ4v) is 2.32. The third-order valence-electron chi connectivity index (χ3n) is 3.39.